The number of thioether (sulfide) groups is 1. The molecule has 1 aromatic heterocycles. The van der Waals surface area contributed by atoms with Gasteiger partial charge in [0.2, 0.25) is 0 Å². The van der Waals surface area contributed by atoms with Crippen LogP contribution in [0.4, 0.5) is 4.39 Å². The lowest BCUT2D eigenvalue weighted by molar-refractivity contribution is -0.121. The van der Waals surface area contributed by atoms with Crippen LogP contribution in [0.3, 0.4) is 0 Å². The molecule has 1 aliphatic heterocycles. The Bertz CT molecular complexity index is 1290. The normalized spacial score (nSPS) is 28.2. The monoisotopic (exact) mass is 563 g/mol. The van der Waals surface area contributed by atoms with Gasteiger partial charge >= 0.3 is 0 Å². The summed E-state index contributed by atoms with van der Waals surface area (Å²) >= 11 is 8.06. The first-order chi connectivity index (χ1) is 18.1. The highest BCUT2D eigenvalue weighted by Gasteiger charge is 2.47. The Balaban J connectivity index is 1.26. The third-order valence-corrected chi connectivity index (χ3v) is 9.27. The molecule has 0 radical (unpaired) electrons. The molecule has 0 unspecified atom stereocenters. The zero-order valence-corrected chi connectivity index (χ0v) is 23.8. The average Bonchev–Trinajstić information content (AvgIpc) is 3.24. The molecule has 38 heavy (non-hydrogen) atoms. The lowest BCUT2D eigenvalue weighted by Crippen LogP contribution is -2.51. The van der Waals surface area contributed by atoms with Crippen molar-refractivity contribution in [2.75, 3.05) is 6.26 Å². The van der Waals surface area contributed by atoms with Gasteiger partial charge in [0.15, 0.2) is 11.5 Å². The minimum absolute atomic E-state index is 0.0952. The van der Waals surface area contributed by atoms with E-state index in [-0.39, 0.29) is 23.9 Å². The first kappa shape index (κ1) is 27.3. The van der Waals surface area contributed by atoms with Crippen LogP contribution in [0.5, 0.6) is 11.5 Å². The highest BCUT2D eigenvalue weighted by molar-refractivity contribution is 7.98. The molecule has 0 bridgehead atoms. The van der Waals surface area contributed by atoms with E-state index < -0.39 is 12.0 Å². The number of hydrogen-bond donors (Lipinski definition) is 3. The van der Waals surface area contributed by atoms with Gasteiger partial charge in [-0.15, -0.1) is 11.8 Å². The number of fused-ring (bicyclic) bond motifs is 1. The summed E-state index contributed by atoms with van der Waals surface area (Å²) < 4.78 is 25.9. The third-order valence-electron chi connectivity index (χ3n) is 8.19. The second-order valence-corrected chi connectivity index (χ2v) is 12.2. The van der Waals surface area contributed by atoms with Gasteiger partial charge in [-0.2, -0.15) is 0 Å². The molecule has 206 valence electrons. The number of alkyl halides is 1. The molecule has 0 saturated heterocycles. The summed E-state index contributed by atoms with van der Waals surface area (Å²) in [4.78, 5) is 29.3. The Labute approximate surface area is 231 Å². The van der Waals surface area contributed by atoms with E-state index in [0.29, 0.717) is 58.1 Å². The van der Waals surface area contributed by atoms with E-state index in [1.54, 1.807) is 6.07 Å². The molecule has 0 spiro atoms. The maximum absolute atomic E-state index is 13.2. The van der Waals surface area contributed by atoms with Gasteiger partial charge in [-0.25, -0.2) is 4.39 Å². The standard InChI is InChI=1S/C28H35ClFN3O4S/c1-14-9-23(38-4)21(27(35)32-14)13-31-26(34)20-12-22(29)25-24(15(20)2)36-28(3,37-25)16-5-7-18(8-6-16)33-19-10-17(30)11-19/h9,12,16-19,33H,5-8,10-11,13H2,1-4H3,(H,31,34)(H,32,35)/t16-,17-,18+,19+,28-/m1/s1. The number of H-pyrrole nitrogens is 1. The van der Waals surface area contributed by atoms with Gasteiger partial charge in [-0.1, -0.05) is 11.6 Å². The molecule has 7 nitrogen and oxygen atoms in total. The Morgan fingerprint density at radius 1 is 1.16 bits per heavy atom. The summed E-state index contributed by atoms with van der Waals surface area (Å²) in [6, 6.07) is 4.19. The van der Waals surface area contributed by atoms with Crippen molar-refractivity contribution < 1.29 is 18.7 Å². The number of rotatable bonds is 7. The van der Waals surface area contributed by atoms with E-state index in [1.165, 1.54) is 11.8 Å². The molecular formula is C28H35ClFN3O4S. The van der Waals surface area contributed by atoms with Crippen molar-refractivity contribution in [2.45, 2.75) is 94.8 Å². The van der Waals surface area contributed by atoms with Crippen molar-refractivity contribution in [3.8, 4) is 11.5 Å². The van der Waals surface area contributed by atoms with Crippen LogP contribution >= 0.6 is 23.4 Å². The van der Waals surface area contributed by atoms with Gasteiger partial charge in [0.05, 0.1) is 5.02 Å². The number of carbonyl (C=O) groups excluding carboxylic acids is 1. The lowest BCUT2D eigenvalue weighted by atomic mass is 9.80. The zero-order chi connectivity index (χ0) is 27.2. The predicted octanol–water partition coefficient (Wildman–Crippen LogP) is 5.43. The summed E-state index contributed by atoms with van der Waals surface area (Å²) in [5, 5.41) is 6.78. The topological polar surface area (TPSA) is 92.5 Å². The fourth-order valence-electron chi connectivity index (χ4n) is 5.85. The number of amides is 1. The van der Waals surface area contributed by atoms with Crippen LogP contribution in [-0.2, 0) is 6.54 Å². The first-order valence-corrected chi connectivity index (χ1v) is 14.8. The molecule has 3 N–H and O–H groups in total. The van der Waals surface area contributed by atoms with Crippen LogP contribution in [0.25, 0.3) is 0 Å². The van der Waals surface area contributed by atoms with Crippen molar-refractivity contribution in [1.82, 2.24) is 15.6 Å². The molecule has 2 aromatic rings. The van der Waals surface area contributed by atoms with Crippen LogP contribution in [0.2, 0.25) is 5.02 Å². The molecule has 2 heterocycles. The van der Waals surface area contributed by atoms with Gasteiger partial charge in [0, 0.05) is 58.7 Å². The van der Waals surface area contributed by atoms with Gasteiger partial charge in [-0.05, 0) is 70.8 Å². The Morgan fingerprint density at radius 3 is 2.50 bits per heavy atom. The number of aromatic nitrogens is 1. The minimum atomic E-state index is -0.875. The van der Waals surface area contributed by atoms with Crippen molar-refractivity contribution >= 4 is 29.3 Å². The third kappa shape index (κ3) is 5.29. The van der Waals surface area contributed by atoms with Crippen LogP contribution in [-0.4, -0.2) is 41.2 Å². The number of carbonyl (C=O) groups is 1. The molecule has 1 aromatic carbocycles. The SMILES string of the molecule is CSc1cc(C)[nH]c(=O)c1CNC(=O)c1cc(Cl)c2c(c1C)O[C@@](C)([C@H]1CC[C@@H](N[C@H]3C[C@@H](F)C3)CC1)O2. The minimum Gasteiger partial charge on any atom is -0.448 e. The fourth-order valence-corrected chi connectivity index (χ4v) is 6.79. The molecule has 3 aliphatic rings. The average molecular weight is 564 g/mol. The summed E-state index contributed by atoms with van der Waals surface area (Å²) in [7, 11) is 0. The van der Waals surface area contributed by atoms with Crippen LogP contribution in [0.1, 0.15) is 72.6 Å². The molecule has 2 aliphatic carbocycles. The second-order valence-electron chi connectivity index (χ2n) is 10.9. The van der Waals surface area contributed by atoms with E-state index in [4.69, 9.17) is 21.1 Å². The second kappa shape index (κ2) is 10.7. The first-order valence-electron chi connectivity index (χ1n) is 13.2. The summed E-state index contributed by atoms with van der Waals surface area (Å²) in [6.45, 7) is 5.68. The molecule has 2 saturated carbocycles. The fraction of sp³-hybridized carbons (Fsp3) is 0.571. The van der Waals surface area contributed by atoms with Crippen molar-refractivity contribution in [2.24, 2.45) is 5.92 Å². The predicted molar refractivity (Wildman–Crippen MR) is 147 cm³/mol. The van der Waals surface area contributed by atoms with Gasteiger partial charge in [-0.3, -0.25) is 9.59 Å². The Kier molecular flexibility index (Phi) is 7.73. The largest absolute Gasteiger partial charge is 0.448 e. The van der Waals surface area contributed by atoms with Crippen LogP contribution in [0, 0.1) is 19.8 Å². The Morgan fingerprint density at radius 2 is 1.84 bits per heavy atom. The van der Waals surface area contributed by atoms with E-state index in [0.717, 1.165) is 36.3 Å². The number of hydrogen-bond acceptors (Lipinski definition) is 6. The number of pyridine rings is 1. The van der Waals surface area contributed by atoms with E-state index in [1.807, 2.05) is 33.1 Å². The highest BCUT2D eigenvalue weighted by Crippen LogP contribution is 2.51. The molecule has 1 amide bonds. The quantitative estimate of drug-likeness (QED) is 0.389. The molecular weight excluding hydrogens is 529 g/mol. The van der Waals surface area contributed by atoms with E-state index >= 15 is 0 Å². The van der Waals surface area contributed by atoms with Gasteiger partial charge in [0.25, 0.3) is 17.3 Å². The van der Waals surface area contributed by atoms with Crippen molar-refractivity contribution in [1.29, 1.82) is 0 Å². The van der Waals surface area contributed by atoms with E-state index in [2.05, 4.69) is 15.6 Å². The number of aryl methyl sites for hydroxylation is 1. The van der Waals surface area contributed by atoms with Crippen molar-refractivity contribution in [3.05, 3.63) is 49.9 Å². The number of ether oxygens (including phenoxy) is 2. The zero-order valence-electron chi connectivity index (χ0n) is 22.2. The number of halogens is 2. The van der Waals surface area contributed by atoms with Crippen LogP contribution in [0.15, 0.2) is 21.8 Å². The number of aromatic amines is 1. The van der Waals surface area contributed by atoms with Gasteiger partial charge in [0.1, 0.15) is 6.17 Å². The molecule has 10 heteroatoms. The molecule has 5 rings (SSSR count). The van der Waals surface area contributed by atoms with Gasteiger partial charge < -0.3 is 25.1 Å². The lowest BCUT2D eigenvalue weighted by Gasteiger charge is -2.40. The van der Waals surface area contributed by atoms with Crippen LogP contribution < -0.4 is 25.7 Å². The molecule has 2 fully saturated rings. The maximum Gasteiger partial charge on any atom is 0.254 e. The maximum atomic E-state index is 13.2. The van der Waals surface area contributed by atoms with Crippen molar-refractivity contribution in [3.63, 3.8) is 0 Å². The molecule has 1 atom stereocenters. The summed E-state index contributed by atoms with van der Waals surface area (Å²) in [6.07, 6.45) is 6.28. The smallest absolute Gasteiger partial charge is 0.254 e. The summed E-state index contributed by atoms with van der Waals surface area (Å²) in [5.74, 6) is -0.0955. The van der Waals surface area contributed by atoms with E-state index in [9.17, 15) is 14.0 Å². The summed E-state index contributed by atoms with van der Waals surface area (Å²) in [5.41, 5.74) is 2.11. The Hall–Kier alpha value is -2.23. The highest BCUT2D eigenvalue weighted by atomic mass is 35.5. The number of benzene rings is 1. The number of nitrogens with one attached hydrogen (secondary N) is 3.